The zero-order chi connectivity index (χ0) is 22.1. The highest BCUT2D eigenvalue weighted by atomic mass is 79.9. The molecular weight excluding hydrogens is 480 g/mol. The lowest BCUT2D eigenvalue weighted by molar-refractivity contribution is -0.384. The molecule has 3 aromatic rings. The molecule has 3 rings (SSSR count). The van der Waals surface area contributed by atoms with Crippen molar-refractivity contribution >= 4 is 31.5 Å². The molecule has 0 saturated heterocycles. The second kappa shape index (κ2) is 8.61. The van der Waals surface area contributed by atoms with Crippen molar-refractivity contribution in [1.82, 2.24) is 0 Å². The van der Waals surface area contributed by atoms with Crippen molar-refractivity contribution < 1.29 is 22.1 Å². The summed E-state index contributed by atoms with van der Waals surface area (Å²) in [6.45, 7) is 0. The molecule has 0 aliphatic carbocycles. The van der Waals surface area contributed by atoms with Gasteiger partial charge in [0.15, 0.2) is 9.84 Å². The third-order valence-electron chi connectivity index (χ3n) is 4.51. The van der Waals surface area contributed by atoms with Crippen molar-refractivity contribution in [3.05, 3.63) is 93.0 Å². The molecule has 0 amide bonds. The highest BCUT2D eigenvalue weighted by Gasteiger charge is 2.23. The normalized spacial score (nSPS) is 11.5. The first-order valence-corrected chi connectivity index (χ1v) is 11.6. The van der Waals surface area contributed by atoms with Gasteiger partial charge in [-0.15, -0.1) is 0 Å². The third-order valence-corrected chi connectivity index (χ3v) is 6.20. The summed E-state index contributed by atoms with van der Waals surface area (Å²) < 4.78 is 51.5. The van der Waals surface area contributed by atoms with Gasteiger partial charge in [0.25, 0.3) is 5.69 Å². The van der Waals surface area contributed by atoms with E-state index in [-0.39, 0.29) is 39.0 Å². The summed E-state index contributed by atoms with van der Waals surface area (Å²) >= 11 is 3.21. The van der Waals surface area contributed by atoms with Crippen LogP contribution in [0.25, 0.3) is 11.1 Å². The van der Waals surface area contributed by atoms with E-state index < -0.39 is 26.4 Å². The molecule has 0 fully saturated rings. The van der Waals surface area contributed by atoms with E-state index in [0.29, 0.717) is 11.1 Å². The number of benzene rings is 3. The summed E-state index contributed by atoms with van der Waals surface area (Å²) in [5, 5.41) is 11.8. The zero-order valence-corrected chi connectivity index (χ0v) is 18.1. The van der Waals surface area contributed by atoms with Gasteiger partial charge in [0.2, 0.25) is 0 Å². The van der Waals surface area contributed by atoms with Gasteiger partial charge in [-0.2, -0.15) is 0 Å². The monoisotopic (exact) mass is 494 g/mol. The number of hydrogen-bond acceptors (Lipinski definition) is 4. The van der Waals surface area contributed by atoms with E-state index in [2.05, 4.69) is 22.0 Å². The van der Waals surface area contributed by atoms with Gasteiger partial charge >= 0.3 is 0 Å². The lowest BCUT2D eigenvalue weighted by Crippen LogP contribution is -2.03. The minimum Gasteiger partial charge on any atom is -0.258 e. The largest absolute Gasteiger partial charge is 0.281 e. The van der Waals surface area contributed by atoms with Gasteiger partial charge in [0, 0.05) is 29.1 Å². The molecule has 0 bridgehead atoms. The summed E-state index contributed by atoms with van der Waals surface area (Å²) in [7, 11) is -3.43. The van der Waals surface area contributed by atoms with Crippen LogP contribution in [-0.2, 0) is 21.6 Å². The Labute approximate surface area is 180 Å². The summed E-state index contributed by atoms with van der Waals surface area (Å²) in [4.78, 5) is 11.2. The van der Waals surface area contributed by atoms with Crippen LogP contribution in [0.4, 0.5) is 14.5 Å². The Kier molecular flexibility index (Phi) is 6.33. The summed E-state index contributed by atoms with van der Waals surface area (Å²) in [5.74, 6) is -1.44. The van der Waals surface area contributed by atoms with Crippen LogP contribution in [0.1, 0.15) is 16.7 Å². The van der Waals surface area contributed by atoms with Crippen molar-refractivity contribution in [3.63, 3.8) is 0 Å². The first kappa shape index (κ1) is 22.0. The van der Waals surface area contributed by atoms with Crippen LogP contribution in [0.15, 0.2) is 53.4 Å². The van der Waals surface area contributed by atoms with E-state index in [4.69, 9.17) is 0 Å². The number of nitro groups is 1. The van der Waals surface area contributed by atoms with E-state index in [1.54, 1.807) is 0 Å². The lowest BCUT2D eigenvalue weighted by atomic mass is 9.94. The molecule has 1 radical (unpaired) electrons. The summed E-state index contributed by atoms with van der Waals surface area (Å²) in [6, 6.07) is 13.5. The topological polar surface area (TPSA) is 77.3 Å². The molecule has 0 aromatic heterocycles. The zero-order valence-electron chi connectivity index (χ0n) is 15.7. The maximum Gasteiger partial charge on any atom is 0.281 e. The van der Waals surface area contributed by atoms with Gasteiger partial charge in [-0.05, 0) is 47.5 Å². The third kappa shape index (κ3) is 4.57. The van der Waals surface area contributed by atoms with E-state index in [1.807, 2.05) is 0 Å². The van der Waals surface area contributed by atoms with Crippen molar-refractivity contribution in [2.45, 2.75) is 16.6 Å². The van der Waals surface area contributed by atoms with Crippen LogP contribution in [0, 0.1) is 27.8 Å². The molecular formula is C21H15BrF2NO4S. The van der Waals surface area contributed by atoms with Crippen LogP contribution in [0.5, 0.6) is 0 Å². The average molecular weight is 495 g/mol. The molecule has 155 valence electrons. The molecule has 5 nitrogen and oxygen atoms in total. The Morgan fingerprint density at radius 2 is 1.70 bits per heavy atom. The average Bonchev–Trinajstić information content (AvgIpc) is 2.69. The van der Waals surface area contributed by atoms with Crippen LogP contribution < -0.4 is 0 Å². The number of halogens is 3. The highest BCUT2D eigenvalue weighted by molar-refractivity contribution is 9.08. The molecule has 0 atom stereocenters. The van der Waals surface area contributed by atoms with E-state index in [0.717, 1.165) is 18.4 Å². The van der Waals surface area contributed by atoms with Gasteiger partial charge in [-0.1, -0.05) is 34.1 Å². The number of hydrogen-bond donors (Lipinski definition) is 0. The number of sulfone groups is 1. The van der Waals surface area contributed by atoms with Crippen molar-refractivity contribution in [1.29, 1.82) is 0 Å². The van der Waals surface area contributed by atoms with E-state index in [1.165, 1.54) is 36.4 Å². The van der Waals surface area contributed by atoms with Gasteiger partial charge in [-0.25, -0.2) is 17.2 Å². The SMILES string of the molecule is CS(=O)(=O)c1ccc(-c2cc(Cc3c(F)cccc3F)[c]c(CBr)c2[N+](=O)[O-])cc1. The Hall–Kier alpha value is -2.65. The lowest BCUT2D eigenvalue weighted by Gasteiger charge is -2.12. The van der Waals surface area contributed by atoms with Crippen molar-refractivity contribution in [2.75, 3.05) is 6.26 Å². The maximum atomic E-state index is 14.1. The number of alkyl halides is 1. The minimum atomic E-state index is -3.43. The molecule has 3 aromatic carbocycles. The van der Waals surface area contributed by atoms with Gasteiger partial charge in [0.05, 0.1) is 15.4 Å². The number of nitro benzene ring substituents is 1. The van der Waals surface area contributed by atoms with Crippen LogP contribution in [0.2, 0.25) is 0 Å². The first-order valence-electron chi connectivity index (χ1n) is 8.63. The standard InChI is InChI=1S/C21H15BrF2NO4S/c1-30(28,29)16-7-5-14(6-8-16)17-10-13(9-15(12-22)21(17)25(26)27)11-18-19(23)3-2-4-20(18)24/h2-8,10H,11-12H2,1H3. The molecule has 0 aliphatic rings. The Balaban J connectivity index is 2.18. The van der Waals surface area contributed by atoms with Crippen LogP contribution in [-0.4, -0.2) is 19.6 Å². The predicted molar refractivity (Wildman–Crippen MR) is 112 cm³/mol. The second-order valence-electron chi connectivity index (χ2n) is 6.60. The van der Waals surface area contributed by atoms with E-state index in [9.17, 15) is 27.3 Å². The Morgan fingerprint density at radius 1 is 1.10 bits per heavy atom. The van der Waals surface area contributed by atoms with Crippen molar-refractivity contribution in [3.8, 4) is 11.1 Å². The molecule has 0 N–H and O–H groups in total. The Bertz CT molecular complexity index is 1210. The second-order valence-corrected chi connectivity index (χ2v) is 9.18. The molecule has 0 saturated carbocycles. The minimum absolute atomic E-state index is 0.0748. The van der Waals surface area contributed by atoms with Gasteiger partial charge in [0.1, 0.15) is 11.6 Å². The maximum absolute atomic E-state index is 14.1. The fourth-order valence-corrected chi connectivity index (χ4v) is 4.12. The summed E-state index contributed by atoms with van der Waals surface area (Å²) in [6.07, 6.45) is 0.914. The molecule has 9 heteroatoms. The molecule has 0 unspecified atom stereocenters. The molecule has 30 heavy (non-hydrogen) atoms. The van der Waals surface area contributed by atoms with Crippen molar-refractivity contribution in [2.24, 2.45) is 0 Å². The van der Waals surface area contributed by atoms with Gasteiger partial charge in [-0.3, -0.25) is 10.1 Å². The predicted octanol–water partition coefficient (Wildman–Crippen LogP) is 5.23. The highest BCUT2D eigenvalue weighted by Crippen LogP contribution is 2.36. The van der Waals surface area contributed by atoms with E-state index >= 15 is 0 Å². The van der Waals surface area contributed by atoms with Crippen LogP contribution in [0.3, 0.4) is 0 Å². The first-order chi connectivity index (χ1) is 14.1. The fourth-order valence-electron chi connectivity index (χ4n) is 3.09. The number of rotatable bonds is 6. The molecule has 0 heterocycles. The fraction of sp³-hybridized carbons (Fsp3) is 0.143. The molecule has 0 aliphatic heterocycles. The number of nitrogens with zero attached hydrogens (tertiary/aromatic N) is 1. The summed E-state index contributed by atoms with van der Waals surface area (Å²) in [5.41, 5.74) is 0.816. The van der Waals surface area contributed by atoms with Crippen LogP contribution >= 0.6 is 15.9 Å². The molecule has 0 spiro atoms. The Morgan fingerprint density at radius 3 is 2.20 bits per heavy atom. The quantitative estimate of drug-likeness (QED) is 0.267. The smallest absolute Gasteiger partial charge is 0.258 e. The van der Waals surface area contributed by atoms with Gasteiger partial charge < -0.3 is 0 Å².